The molecule has 0 amide bonds. The molecule has 1 aliphatic heterocycles. The van der Waals surface area contributed by atoms with Crippen molar-refractivity contribution in [3.63, 3.8) is 0 Å². The van der Waals surface area contributed by atoms with Crippen LogP contribution in [0.4, 0.5) is 0 Å². The molecule has 0 N–H and O–H groups in total. The Hall–Kier alpha value is -0.850. The van der Waals surface area contributed by atoms with Crippen LogP contribution in [0.25, 0.3) is 0 Å². The van der Waals surface area contributed by atoms with Gasteiger partial charge in [-0.2, -0.15) is 0 Å². The highest BCUT2D eigenvalue weighted by atomic mass is 14.8. The van der Waals surface area contributed by atoms with E-state index in [4.69, 9.17) is 4.98 Å². The Bertz CT molecular complexity index is 477. The van der Waals surface area contributed by atoms with Crippen molar-refractivity contribution in [2.45, 2.75) is 32.1 Å². The molecule has 0 saturated heterocycles. The van der Waals surface area contributed by atoms with Crippen LogP contribution in [0.1, 0.15) is 36.9 Å². The molecule has 3 fully saturated rings. The van der Waals surface area contributed by atoms with Crippen molar-refractivity contribution >= 4 is 0 Å². The second-order valence-electron chi connectivity index (χ2n) is 6.94. The Balaban J connectivity index is 1.67. The maximum atomic E-state index is 4.74. The van der Waals surface area contributed by atoms with E-state index in [0.29, 0.717) is 0 Å². The zero-order chi connectivity index (χ0) is 11.1. The van der Waals surface area contributed by atoms with Gasteiger partial charge in [-0.3, -0.25) is 4.98 Å². The molecule has 5 unspecified atom stereocenters. The summed E-state index contributed by atoms with van der Waals surface area (Å²) in [6.07, 6.45) is 6.45. The highest BCUT2D eigenvalue weighted by Gasteiger charge is 2.68. The van der Waals surface area contributed by atoms with Crippen molar-refractivity contribution in [2.75, 3.05) is 0 Å². The minimum Gasteiger partial charge on any atom is -0.261 e. The molecule has 17 heavy (non-hydrogen) atoms. The van der Waals surface area contributed by atoms with Gasteiger partial charge in [0.15, 0.2) is 0 Å². The Morgan fingerprint density at radius 3 is 2.82 bits per heavy atom. The quantitative estimate of drug-likeness (QED) is 0.660. The first kappa shape index (κ1) is 9.13. The van der Waals surface area contributed by atoms with Crippen molar-refractivity contribution in [1.29, 1.82) is 0 Å². The van der Waals surface area contributed by atoms with E-state index < -0.39 is 0 Å². The Morgan fingerprint density at radius 2 is 2.00 bits per heavy atom. The highest BCUT2D eigenvalue weighted by Crippen LogP contribution is 2.74. The molecule has 5 aliphatic rings. The molecule has 0 spiro atoms. The molecule has 2 heterocycles. The van der Waals surface area contributed by atoms with E-state index in [9.17, 15) is 0 Å². The number of rotatable bonds is 0. The predicted molar refractivity (Wildman–Crippen MR) is 66.5 cm³/mol. The molecular weight excluding hydrogens is 206 g/mol. The summed E-state index contributed by atoms with van der Waals surface area (Å²) in [5, 5.41) is 0. The molecule has 1 aromatic rings. The number of pyridine rings is 1. The summed E-state index contributed by atoms with van der Waals surface area (Å²) in [6, 6.07) is 4.66. The zero-order valence-electron chi connectivity index (χ0n) is 10.3. The van der Waals surface area contributed by atoms with Crippen molar-refractivity contribution in [2.24, 2.45) is 35.5 Å². The smallest absolute Gasteiger partial charge is 0.0440 e. The van der Waals surface area contributed by atoms with E-state index in [1.54, 1.807) is 0 Å². The lowest BCUT2D eigenvalue weighted by Crippen LogP contribution is -2.67. The zero-order valence-corrected chi connectivity index (χ0v) is 10.3. The summed E-state index contributed by atoms with van der Waals surface area (Å²) in [5.74, 6) is 6.93. The summed E-state index contributed by atoms with van der Waals surface area (Å²) >= 11 is 0. The highest BCUT2D eigenvalue weighted by molar-refractivity contribution is 5.32. The normalized spacial score (nSPS) is 52.9. The Morgan fingerprint density at radius 1 is 1.06 bits per heavy atom. The molecule has 0 aromatic carbocycles. The number of hydrogen-bond donors (Lipinski definition) is 0. The van der Waals surface area contributed by atoms with Crippen LogP contribution in [0.2, 0.25) is 0 Å². The van der Waals surface area contributed by atoms with Gasteiger partial charge >= 0.3 is 0 Å². The maximum absolute atomic E-state index is 4.74. The van der Waals surface area contributed by atoms with Gasteiger partial charge in [0.2, 0.25) is 0 Å². The number of aromatic nitrogens is 1. The molecule has 0 radical (unpaired) electrons. The van der Waals surface area contributed by atoms with Crippen LogP contribution < -0.4 is 0 Å². The van der Waals surface area contributed by atoms with Gasteiger partial charge in [0.25, 0.3) is 0 Å². The first-order chi connectivity index (χ1) is 8.34. The van der Waals surface area contributed by atoms with E-state index >= 15 is 0 Å². The fourth-order valence-electron chi connectivity index (χ4n) is 5.89. The van der Waals surface area contributed by atoms with E-state index in [0.717, 1.165) is 41.4 Å². The molecular formula is C16H19N. The molecule has 3 saturated carbocycles. The van der Waals surface area contributed by atoms with Crippen molar-refractivity contribution in [3.8, 4) is 0 Å². The minimum atomic E-state index is 0.825. The Labute approximate surface area is 103 Å². The lowest BCUT2D eigenvalue weighted by molar-refractivity contribution is -0.218. The van der Waals surface area contributed by atoms with Gasteiger partial charge in [-0.1, -0.05) is 19.4 Å². The van der Waals surface area contributed by atoms with Gasteiger partial charge in [0.1, 0.15) is 0 Å². The number of nitrogens with zero attached hydrogens (tertiary/aromatic N) is 1. The summed E-state index contributed by atoms with van der Waals surface area (Å²) < 4.78 is 0. The van der Waals surface area contributed by atoms with Crippen molar-refractivity contribution in [3.05, 3.63) is 29.6 Å². The van der Waals surface area contributed by atoms with Crippen LogP contribution >= 0.6 is 0 Å². The van der Waals surface area contributed by atoms with Crippen LogP contribution in [-0.4, -0.2) is 4.98 Å². The van der Waals surface area contributed by atoms with Crippen LogP contribution in [0.5, 0.6) is 0 Å². The van der Waals surface area contributed by atoms with E-state index in [2.05, 4.69) is 25.3 Å². The molecule has 4 aliphatic carbocycles. The second kappa shape index (κ2) is 2.76. The van der Waals surface area contributed by atoms with Crippen LogP contribution in [0.15, 0.2) is 18.3 Å². The first-order valence-electron chi connectivity index (χ1n) is 7.29. The Kier molecular flexibility index (Phi) is 1.48. The third-order valence-electron chi connectivity index (χ3n) is 6.53. The summed E-state index contributed by atoms with van der Waals surface area (Å²) in [6.45, 7) is 2.48. The van der Waals surface area contributed by atoms with E-state index in [1.807, 2.05) is 0 Å². The number of fused-ring (bicyclic) bond motifs is 2. The average Bonchev–Trinajstić information content (AvgIpc) is 2.30. The van der Waals surface area contributed by atoms with E-state index in [-0.39, 0.29) is 0 Å². The van der Waals surface area contributed by atoms with Gasteiger partial charge in [-0.05, 0) is 60.0 Å². The summed E-state index contributed by atoms with van der Waals surface area (Å²) in [4.78, 5) is 4.74. The second-order valence-corrected chi connectivity index (χ2v) is 6.94. The molecule has 88 valence electrons. The standard InChI is InChI=1S/C16H19N/c1-8-2-4-10-11-6-9-3-5-12(17-7-9)16-13(8)14(10)15(11)16/h3,5,7-8,10-11,13-16H,2,4,6H2,1H3/t8-,10+,11?,13?,14?,15?,16?/m0/s1. The van der Waals surface area contributed by atoms with Gasteiger partial charge in [0.05, 0.1) is 0 Å². The first-order valence-corrected chi connectivity index (χ1v) is 7.29. The lowest BCUT2D eigenvalue weighted by Gasteiger charge is -2.72. The molecule has 1 aromatic heterocycles. The largest absolute Gasteiger partial charge is 0.261 e. The lowest BCUT2D eigenvalue weighted by atomic mass is 9.32. The van der Waals surface area contributed by atoms with Crippen LogP contribution in [0, 0.1) is 35.5 Å². The van der Waals surface area contributed by atoms with Gasteiger partial charge in [-0.15, -0.1) is 0 Å². The topological polar surface area (TPSA) is 12.9 Å². The summed E-state index contributed by atoms with van der Waals surface area (Å²) in [7, 11) is 0. The van der Waals surface area contributed by atoms with Crippen LogP contribution in [0.3, 0.4) is 0 Å². The van der Waals surface area contributed by atoms with Gasteiger partial charge in [0, 0.05) is 17.8 Å². The number of hydrogen-bond acceptors (Lipinski definition) is 1. The maximum Gasteiger partial charge on any atom is 0.0440 e. The van der Waals surface area contributed by atoms with Gasteiger partial charge < -0.3 is 0 Å². The van der Waals surface area contributed by atoms with Crippen molar-refractivity contribution < 1.29 is 0 Å². The molecule has 1 heteroatoms. The monoisotopic (exact) mass is 225 g/mol. The summed E-state index contributed by atoms with van der Waals surface area (Å²) in [5.41, 5.74) is 2.90. The SMILES string of the molecule is C[C@H]1CC[C@@H]2C3Cc4ccc(nc4)C4C3C2C41. The molecule has 1 nitrogen and oxygen atoms in total. The fourth-order valence-corrected chi connectivity index (χ4v) is 5.89. The average molecular weight is 225 g/mol. The van der Waals surface area contributed by atoms with Crippen LogP contribution in [-0.2, 0) is 6.42 Å². The fraction of sp³-hybridized carbons (Fsp3) is 0.688. The molecule has 2 bridgehead atoms. The molecule has 7 atom stereocenters. The van der Waals surface area contributed by atoms with Gasteiger partial charge in [-0.25, -0.2) is 0 Å². The minimum absolute atomic E-state index is 0.825. The molecule has 6 rings (SSSR count). The third-order valence-corrected chi connectivity index (χ3v) is 6.53. The third kappa shape index (κ3) is 0.893. The van der Waals surface area contributed by atoms with E-state index in [1.165, 1.54) is 30.5 Å². The van der Waals surface area contributed by atoms with Crippen molar-refractivity contribution in [1.82, 2.24) is 4.98 Å². The predicted octanol–water partition coefficient (Wildman–Crippen LogP) is 3.26.